The van der Waals surface area contributed by atoms with Crippen LogP contribution in [0.3, 0.4) is 0 Å². The van der Waals surface area contributed by atoms with Gasteiger partial charge in [-0.3, -0.25) is 0 Å². The summed E-state index contributed by atoms with van der Waals surface area (Å²) in [4.78, 5) is 4.99. The van der Waals surface area contributed by atoms with Crippen LogP contribution in [0.25, 0.3) is 0 Å². The van der Waals surface area contributed by atoms with E-state index in [0.29, 0.717) is 12.1 Å². The number of benzene rings is 1. The van der Waals surface area contributed by atoms with E-state index in [0.717, 1.165) is 0 Å². The van der Waals surface area contributed by atoms with Gasteiger partial charge in [-0.15, -0.1) is 0 Å². The number of likely N-dealkylation sites (tertiary alicyclic amines) is 1. The second kappa shape index (κ2) is 7.61. The van der Waals surface area contributed by atoms with Crippen LogP contribution in [0.15, 0.2) is 22.7 Å². The van der Waals surface area contributed by atoms with Crippen molar-refractivity contribution in [1.29, 1.82) is 0 Å². The van der Waals surface area contributed by atoms with Gasteiger partial charge in [0, 0.05) is 42.4 Å². The molecule has 1 atom stereocenters. The summed E-state index contributed by atoms with van der Waals surface area (Å²) in [5.74, 6) is 0. The van der Waals surface area contributed by atoms with Crippen molar-refractivity contribution < 1.29 is 0 Å². The molecule has 1 N–H and O–H groups in total. The molecule has 0 aromatic heterocycles. The van der Waals surface area contributed by atoms with Crippen molar-refractivity contribution in [2.75, 3.05) is 38.6 Å². The number of anilines is 1. The van der Waals surface area contributed by atoms with Crippen molar-refractivity contribution in [2.45, 2.75) is 38.8 Å². The molecule has 2 rings (SSSR count). The van der Waals surface area contributed by atoms with Gasteiger partial charge < -0.3 is 15.1 Å². The molecule has 1 saturated heterocycles. The van der Waals surface area contributed by atoms with Gasteiger partial charge in [0.2, 0.25) is 0 Å². The standard InChI is InChI=1S/C17H28BrN3/c1-5-21-10-8-14(9-11-21)20(4)15-6-7-16(13(2)19-3)17(18)12-15/h6-7,12-14,19H,5,8-11H2,1-4H3. The number of hydrogen-bond donors (Lipinski definition) is 1. The number of piperidine rings is 1. The minimum Gasteiger partial charge on any atom is -0.371 e. The average molecular weight is 354 g/mol. The molecule has 1 fully saturated rings. The summed E-state index contributed by atoms with van der Waals surface area (Å²) in [5, 5.41) is 3.30. The van der Waals surface area contributed by atoms with Gasteiger partial charge in [0.1, 0.15) is 0 Å². The first-order valence-corrected chi connectivity index (χ1v) is 8.78. The van der Waals surface area contributed by atoms with Crippen molar-refractivity contribution >= 4 is 21.6 Å². The largest absolute Gasteiger partial charge is 0.371 e. The third-order valence-corrected chi connectivity index (χ3v) is 5.53. The zero-order valence-corrected chi connectivity index (χ0v) is 15.3. The molecule has 0 radical (unpaired) electrons. The lowest BCUT2D eigenvalue weighted by atomic mass is 10.0. The van der Waals surface area contributed by atoms with Gasteiger partial charge in [-0.05, 0) is 51.1 Å². The lowest BCUT2D eigenvalue weighted by molar-refractivity contribution is 0.221. The molecule has 1 unspecified atom stereocenters. The molecule has 21 heavy (non-hydrogen) atoms. The first kappa shape index (κ1) is 16.8. The van der Waals surface area contributed by atoms with E-state index < -0.39 is 0 Å². The molecule has 0 bridgehead atoms. The van der Waals surface area contributed by atoms with E-state index in [9.17, 15) is 0 Å². The fourth-order valence-electron chi connectivity index (χ4n) is 3.08. The lowest BCUT2D eigenvalue weighted by Crippen LogP contribution is -2.43. The number of rotatable bonds is 5. The van der Waals surface area contributed by atoms with Crippen molar-refractivity contribution in [3.8, 4) is 0 Å². The maximum absolute atomic E-state index is 3.73. The summed E-state index contributed by atoms with van der Waals surface area (Å²) in [6.07, 6.45) is 2.52. The molecule has 0 spiro atoms. The van der Waals surface area contributed by atoms with E-state index in [4.69, 9.17) is 0 Å². The van der Waals surface area contributed by atoms with Gasteiger partial charge in [-0.1, -0.05) is 28.9 Å². The monoisotopic (exact) mass is 353 g/mol. The minimum absolute atomic E-state index is 0.367. The van der Waals surface area contributed by atoms with Crippen LogP contribution >= 0.6 is 15.9 Å². The maximum atomic E-state index is 3.73. The Labute approximate surface area is 137 Å². The average Bonchev–Trinajstić information content (AvgIpc) is 2.53. The molecule has 1 aromatic rings. The van der Waals surface area contributed by atoms with Crippen LogP contribution in [0.4, 0.5) is 5.69 Å². The van der Waals surface area contributed by atoms with Gasteiger partial charge in [0.15, 0.2) is 0 Å². The van der Waals surface area contributed by atoms with Crippen LogP contribution in [-0.4, -0.2) is 44.7 Å². The van der Waals surface area contributed by atoms with Crippen molar-refractivity contribution in [2.24, 2.45) is 0 Å². The SMILES string of the molecule is CCN1CCC(N(C)c2ccc(C(C)NC)c(Br)c2)CC1. The number of hydrogen-bond acceptors (Lipinski definition) is 3. The zero-order chi connectivity index (χ0) is 15.4. The summed E-state index contributed by atoms with van der Waals surface area (Å²) in [5.41, 5.74) is 2.62. The Bertz CT molecular complexity index is 455. The third-order valence-electron chi connectivity index (χ3n) is 4.84. The summed E-state index contributed by atoms with van der Waals surface area (Å²) < 4.78 is 1.19. The van der Waals surface area contributed by atoms with Gasteiger partial charge >= 0.3 is 0 Å². The van der Waals surface area contributed by atoms with E-state index in [1.54, 1.807) is 0 Å². The van der Waals surface area contributed by atoms with Gasteiger partial charge in [-0.2, -0.15) is 0 Å². The number of nitrogens with one attached hydrogen (secondary N) is 1. The highest BCUT2D eigenvalue weighted by atomic mass is 79.9. The molecule has 1 aliphatic heterocycles. The van der Waals surface area contributed by atoms with E-state index in [2.05, 4.69) is 70.1 Å². The predicted molar refractivity (Wildman–Crippen MR) is 95.2 cm³/mol. The van der Waals surface area contributed by atoms with E-state index in [-0.39, 0.29) is 0 Å². The predicted octanol–water partition coefficient (Wildman–Crippen LogP) is 3.65. The molecular formula is C17H28BrN3. The number of halogens is 1. The molecule has 0 amide bonds. The van der Waals surface area contributed by atoms with Gasteiger partial charge in [0.25, 0.3) is 0 Å². The lowest BCUT2D eigenvalue weighted by Gasteiger charge is -2.37. The highest BCUT2D eigenvalue weighted by Gasteiger charge is 2.22. The molecule has 1 aromatic carbocycles. The molecular weight excluding hydrogens is 326 g/mol. The fourth-order valence-corrected chi connectivity index (χ4v) is 3.79. The second-order valence-corrected chi connectivity index (χ2v) is 6.85. The quantitative estimate of drug-likeness (QED) is 0.871. The molecule has 3 nitrogen and oxygen atoms in total. The van der Waals surface area contributed by atoms with E-state index in [1.165, 1.54) is 48.2 Å². The summed E-state index contributed by atoms with van der Waals surface area (Å²) in [6, 6.07) is 7.77. The Balaban J connectivity index is 2.06. The van der Waals surface area contributed by atoms with Gasteiger partial charge in [0.05, 0.1) is 0 Å². The Kier molecular flexibility index (Phi) is 6.08. The Morgan fingerprint density at radius 3 is 2.57 bits per heavy atom. The number of nitrogens with zero attached hydrogens (tertiary/aromatic N) is 2. The van der Waals surface area contributed by atoms with Crippen LogP contribution in [-0.2, 0) is 0 Å². The van der Waals surface area contributed by atoms with Gasteiger partial charge in [-0.25, -0.2) is 0 Å². The smallest absolute Gasteiger partial charge is 0.0377 e. The second-order valence-electron chi connectivity index (χ2n) is 5.99. The fraction of sp³-hybridized carbons (Fsp3) is 0.647. The molecule has 0 saturated carbocycles. The zero-order valence-electron chi connectivity index (χ0n) is 13.7. The third kappa shape index (κ3) is 3.99. The van der Waals surface area contributed by atoms with E-state index in [1.807, 2.05) is 7.05 Å². The highest BCUT2D eigenvalue weighted by Crippen LogP contribution is 2.30. The Hall–Kier alpha value is -0.580. The summed E-state index contributed by atoms with van der Waals surface area (Å²) in [6.45, 7) is 8.06. The van der Waals surface area contributed by atoms with Crippen molar-refractivity contribution in [1.82, 2.24) is 10.2 Å². The normalized spacial score (nSPS) is 18.7. The molecule has 0 aliphatic carbocycles. The Morgan fingerprint density at radius 2 is 2.05 bits per heavy atom. The maximum Gasteiger partial charge on any atom is 0.0377 e. The van der Waals surface area contributed by atoms with E-state index >= 15 is 0 Å². The van der Waals surface area contributed by atoms with Crippen LogP contribution in [0.1, 0.15) is 38.3 Å². The van der Waals surface area contributed by atoms with Crippen LogP contribution in [0, 0.1) is 0 Å². The molecule has 118 valence electrons. The molecule has 4 heteroatoms. The van der Waals surface area contributed by atoms with Crippen LogP contribution < -0.4 is 10.2 Å². The first-order valence-electron chi connectivity index (χ1n) is 7.98. The Morgan fingerprint density at radius 1 is 1.38 bits per heavy atom. The summed E-state index contributed by atoms with van der Waals surface area (Å²) >= 11 is 3.73. The molecule has 1 aliphatic rings. The van der Waals surface area contributed by atoms with Crippen LogP contribution in [0.2, 0.25) is 0 Å². The van der Waals surface area contributed by atoms with Crippen molar-refractivity contribution in [3.63, 3.8) is 0 Å². The van der Waals surface area contributed by atoms with Crippen LogP contribution in [0.5, 0.6) is 0 Å². The first-order chi connectivity index (χ1) is 10.1. The molecule has 1 heterocycles. The summed E-state index contributed by atoms with van der Waals surface area (Å²) in [7, 11) is 4.23. The minimum atomic E-state index is 0.367. The highest BCUT2D eigenvalue weighted by molar-refractivity contribution is 9.10. The van der Waals surface area contributed by atoms with Crippen molar-refractivity contribution in [3.05, 3.63) is 28.2 Å². The topological polar surface area (TPSA) is 18.5 Å².